The van der Waals surface area contributed by atoms with Crippen LogP contribution in [0.2, 0.25) is 0 Å². The Morgan fingerprint density at radius 2 is 1.47 bits per heavy atom. The molecule has 0 N–H and O–H groups in total. The zero-order chi connectivity index (χ0) is 21.0. The fourth-order valence-electron chi connectivity index (χ4n) is 3.27. The molecule has 5 nitrogen and oxygen atoms in total. The van der Waals surface area contributed by atoms with Gasteiger partial charge in [-0.3, -0.25) is 9.36 Å². The molecule has 1 atom stereocenters. The van der Waals surface area contributed by atoms with E-state index in [1.54, 1.807) is 42.4 Å². The SMILES string of the molecule is CCOP1(=O)C(c2ccccc2)=CN(c2ccccc2)N=C1C(=O)c1ccccc1. The number of hydrogen-bond acceptors (Lipinski definition) is 5. The lowest BCUT2D eigenvalue weighted by Gasteiger charge is -2.29. The molecule has 150 valence electrons. The first-order chi connectivity index (χ1) is 14.6. The highest BCUT2D eigenvalue weighted by Gasteiger charge is 2.43. The third kappa shape index (κ3) is 3.78. The summed E-state index contributed by atoms with van der Waals surface area (Å²) in [5, 5.41) is 6.55. The van der Waals surface area contributed by atoms with Gasteiger partial charge in [0.15, 0.2) is 5.45 Å². The summed E-state index contributed by atoms with van der Waals surface area (Å²) in [7, 11) is -3.72. The van der Waals surface area contributed by atoms with Gasteiger partial charge in [0, 0.05) is 11.8 Å². The summed E-state index contributed by atoms with van der Waals surface area (Å²) in [6, 6.07) is 27.5. The second-order valence-electron chi connectivity index (χ2n) is 6.65. The Hall–Kier alpha value is -3.27. The number of ketones is 1. The topological polar surface area (TPSA) is 59.0 Å². The number of anilines is 1. The van der Waals surface area contributed by atoms with Gasteiger partial charge >= 0.3 is 0 Å². The summed E-state index contributed by atoms with van der Waals surface area (Å²) in [6.45, 7) is 1.95. The van der Waals surface area contributed by atoms with E-state index in [4.69, 9.17) is 4.52 Å². The largest absolute Gasteiger partial charge is 0.321 e. The number of Topliss-reactive ketones (excluding diaryl/α,β-unsaturated/α-hetero) is 1. The molecule has 0 saturated heterocycles. The Balaban J connectivity index is 1.92. The third-order valence-corrected chi connectivity index (χ3v) is 7.16. The van der Waals surface area contributed by atoms with Crippen LogP contribution in [0.15, 0.2) is 102 Å². The molecule has 0 radical (unpaired) electrons. The Bertz CT molecular complexity index is 1140. The van der Waals surface area contributed by atoms with E-state index in [1.807, 2.05) is 66.7 Å². The predicted molar refractivity (Wildman–Crippen MR) is 121 cm³/mol. The van der Waals surface area contributed by atoms with Crippen LogP contribution < -0.4 is 5.01 Å². The van der Waals surface area contributed by atoms with Crippen LogP contribution in [0.5, 0.6) is 0 Å². The van der Waals surface area contributed by atoms with E-state index >= 15 is 0 Å². The maximum Gasteiger partial charge on any atom is 0.287 e. The first kappa shape index (κ1) is 20.0. The Kier molecular flexibility index (Phi) is 5.75. The minimum absolute atomic E-state index is 0.0826. The molecule has 3 aromatic rings. The average molecular weight is 416 g/mol. The molecule has 0 saturated carbocycles. The minimum Gasteiger partial charge on any atom is -0.321 e. The lowest BCUT2D eigenvalue weighted by molar-refractivity contribution is 0.106. The Morgan fingerprint density at radius 3 is 2.07 bits per heavy atom. The van der Waals surface area contributed by atoms with Crippen molar-refractivity contribution in [1.82, 2.24) is 0 Å². The van der Waals surface area contributed by atoms with Crippen molar-refractivity contribution in [3.05, 3.63) is 108 Å². The number of para-hydroxylation sites is 1. The van der Waals surface area contributed by atoms with Crippen LogP contribution in [0.1, 0.15) is 22.8 Å². The van der Waals surface area contributed by atoms with E-state index in [-0.39, 0.29) is 12.1 Å². The van der Waals surface area contributed by atoms with Crippen molar-refractivity contribution in [2.24, 2.45) is 5.10 Å². The molecule has 1 heterocycles. The molecule has 0 spiro atoms. The molecule has 4 rings (SSSR count). The first-order valence-electron chi connectivity index (χ1n) is 9.69. The summed E-state index contributed by atoms with van der Waals surface area (Å²) >= 11 is 0. The van der Waals surface area contributed by atoms with Gasteiger partial charge in [0.1, 0.15) is 0 Å². The summed E-state index contributed by atoms with van der Waals surface area (Å²) in [6.07, 6.45) is 1.70. The lowest BCUT2D eigenvalue weighted by Crippen LogP contribution is -2.26. The summed E-state index contributed by atoms with van der Waals surface area (Å²) in [5.74, 6) is -0.408. The van der Waals surface area contributed by atoms with Gasteiger partial charge in [-0.25, -0.2) is 5.01 Å². The van der Waals surface area contributed by atoms with Crippen molar-refractivity contribution >= 4 is 29.6 Å². The van der Waals surface area contributed by atoms with E-state index < -0.39 is 13.2 Å². The molecule has 0 bridgehead atoms. The normalized spacial score (nSPS) is 18.5. The zero-order valence-electron chi connectivity index (χ0n) is 16.5. The van der Waals surface area contributed by atoms with Crippen molar-refractivity contribution in [2.45, 2.75) is 6.92 Å². The summed E-state index contributed by atoms with van der Waals surface area (Å²) < 4.78 is 20.0. The van der Waals surface area contributed by atoms with Crippen LogP contribution >= 0.6 is 7.37 Å². The van der Waals surface area contributed by atoms with E-state index in [0.29, 0.717) is 10.9 Å². The molecule has 0 aromatic heterocycles. The summed E-state index contributed by atoms with van der Waals surface area (Å²) in [5.41, 5.74) is 1.81. The molecule has 1 unspecified atom stereocenters. The van der Waals surface area contributed by atoms with Crippen molar-refractivity contribution in [1.29, 1.82) is 0 Å². The zero-order valence-corrected chi connectivity index (χ0v) is 17.4. The van der Waals surface area contributed by atoms with Gasteiger partial charge in [0.2, 0.25) is 5.78 Å². The van der Waals surface area contributed by atoms with E-state index in [9.17, 15) is 9.36 Å². The van der Waals surface area contributed by atoms with Gasteiger partial charge in [-0.05, 0) is 24.6 Å². The summed E-state index contributed by atoms with van der Waals surface area (Å²) in [4.78, 5) is 13.4. The van der Waals surface area contributed by atoms with Crippen LogP contribution in [0, 0.1) is 0 Å². The highest BCUT2D eigenvalue weighted by Crippen LogP contribution is 2.63. The minimum atomic E-state index is -3.72. The molecule has 0 aliphatic carbocycles. The van der Waals surface area contributed by atoms with Gasteiger partial charge in [-0.1, -0.05) is 78.9 Å². The van der Waals surface area contributed by atoms with Crippen molar-refractivity contribution in [3.8, 4) is 0 Å². The maximum atomic E-state index is 14.2. The van der Waals surface area contributed by atoms with E-state index in [2.05, 4.69) is 5.10 Å². The van der Waals surface area contributed by atoms with Crippen LogP contribution in [0.4, 0.5) is 5.69 Å². The highest BCUT2D eigenvalue weighted by atomic mass is 31.2. The molecule has 3 aromatic carbocycles. The Morgan fingerprint density at radius 1 is 0.900 bits per heavy atom. The molecule has 1 aliphatic heterocycles. The monoisotopic (exact) mass is 416 g/mol. The number of benzene rings is 3. The predicted octanol–water partition coefficient (Wildman–Crippen LogP) is 6.02. The molecule has 0 fully saturated rings. The number of nitrogens with zero attached hydrogens (tertiary/aromatic N) is 2. The molecule has 1 aliphatic rings. The fourth-order valence-corrected chi connectivity index (χ4v) is 5.49. The average Bonchev–Trinajstić information content (AvgIpc) is 2.80. The fraction of sp³-hybridized carbons (Fsp3) is 0.0833. The van der Waals surface area contributed by atoms with Crippen molar-refractivity contribution in [3.63, 3.8) is 0 Å². The third-order valence-electron chi connectivity index (χ3n) is 4.68. The second kappa shape index (κ2) is 8.62. The maximum absolute atomic E-state index is 14.2. The molecular weight excluding hydrogens is 395 g/mol. The van der Waals surface area contributed by atoms with Gasteiger partial charge in [-0.2, -0.15) is 5.10 Å². The van der Waals surface area contributed by atoms with Crippen LogP contribution in [-0.2, 0) is 9.09 Å². The number of rotatable bonds is 6. The van der Waals surface area contributed by atoms with Crippen molar-refractivity contribution in [2.75, 3.05) is 11.6 Å². The lowest BCUT2D eigenvalue weighted by atomic mass is 10.1. The highest BCUT2D eigenvalue weighted by molar-refractivity contribution is 7.88. The van der Waals surface area contributed by atoms with Crippen LogP contribution in [0.25, 0.3) is 5.31 Å². The van der Waals surface area contributed by atoms with Crippen LogP contribution in [-0.4, -0.2) is 17.8 Å². The quantitative estimate of drug-likeness (QED) is 0.364. The smallest absolute Gasteiger partial charge is 0.287 e. The van der Waals surface area contributed by atoms with Gasteiger partial charge in [-0.15, -0.1) is 0 Å². The molecule has 30 heavy (non-hydrogen) atoms. The van der Waals surface area contributed by atoms with Crippen molar-refractivity contribution < 1.29 is 13.9 Å². The Labute approximate surface area is 175 Å². The number of hydrogen-bond donors (Lipinski definition) is 0. The van der Waals surface area contributed by atoms with Crippen LogP contribution in [0.3, 0.4) is 0 Å². The van der Waals surface area contributed by atoms with E-state index in [0.717, 1.165) is 11.3 Å². The second-order valence-corrected chi connectivity index (χ2v) is 8.92. The van der Waals surface area contributed by atoms with Gasteiger partial charge < -0.3 is 4.52 Å². The number of carbonyl (C=O) groups excluding carboxylic acids is 1. The molecule has 0 amide bonds. The van der Waals surface area contributed by atoms with Gasteiger partial charge in [0.25, 0.3) is 7.37 Å². The standard InChI is InChI=1S/C24H21N2O3P/c1-2-29-30(28)22(19-12-6-3-7-13-19)18-26(21-16-10-5-11-17-21)25-24(30)23(27)20-14-8-4-9-15-20/h3-18H,2H2,1H3. The number of carbonyl (C=O) groups is 1. The van der Waals surface area contributed by atoms with Gasteiger partial charge in [0.05, 0.1) is 17.6 Å². The first-order valence-corrected chi connectivity index (χ1v) is 11.3. The molecular formula is C24H21N2O3P. The van der Waals surface area contributed by atoms with E-state index in [1.165, 1.54) is 0 Å². The molecule has 6 heteroatoms. The number of hydrazone groups is 1.